The maximum absolute atomic E-state index is 14.4. The lowest BCUT2D eigenvalue weighted by molar-refractivity contribution is 0.0518. The van der Waals surface area contributed by atoms with Crippen LogP contribution < -0.4 is 15.4 Å². The predicted molar refractivity (Wildman–Crippen MR) is 178 cm³/mol. The Labute approximate surface area is 272 Å². The monoisotopic (exact) mass is 645 g/mol. The van der Waals surface area contributed by atoms with E-state index in [2.05, 4.69) is 44.0 Å². The Morgan fingerprint density at radius 3 is 2.48 bits per heavy atom. The molecule has 0 aromatic carbocycles. The zero-order valence-electron chi connectivity index (χ0n) is 26.3. The van der Waals surface area contributed by atoms with Gasteiger partial charge in [0.05, 0.1) is 26.4 Å². The molecule has 0 radical (unpaired) electrons. The summed E-state index contributed by atoms with van der Waals surface area (Å²) < 4.78 is 21.1. The molecule has 3 aliphatic rings. The number of carbonyl (C=O) groups is 2. The maximum Gasteiger partial charge on any atom is 0.319 e. The van der Waals surface area contributed by atoms with Crippen molar-refractivity contribution in [3.05, 3.63) is 78.2 Å². The van der Waals surface area contributed by atoms with Crippen LogP contribution in [-0.2, 0) is 0 Å². The van der Waals surface area contributed by atoms with Crippen LogP contribution in [0.3, 0.4) is 0 Å². The SMILES string of the molecule is C=C(F)/C(=C\C=C(/C)NC(=O)NC1CC1)Oc1ccnc2cc(-c3ccc(C(=O)N4CCC(N5CCN(C)CC5)CC4)cn3)sc12. The minimum atomic E-state index is -0.751. The summed E-state index contributed by atoms with van der Waals surface area (Å²) in [6.45, 7) is 11.0. The Morgan fingerprint density at radius 2 is 1.80 bits per heavy atom. The molecule has 1 aliphatic carbocycles. The lowest BCUT2D eigenvalue weighted by atomic mass is 10.0. The lowest BCUT2D eigenvalue weighted by Crippen LogP contribution is -2.52. The van der Waals surface area contributed by atoms with Crippen LogP contribution in [0.4, 0.5) is 9.18 Å². The van der Waals surface area contributed by atoms with Gasteiger partial charge >= 0.3 is 6.03 Å². The van der Waals surface area contributed by atoms with Gasteiger partial charge in [0, 0.05) is 75.5 Å². The van der Waals surface area contributed by atoms with Crippen molar-refractivity contribution in [1.29, 1.82) is 0 Å². The molecule has 2 N–H and O–H groups in total. The number of hydrogen-bond acceptors (Lipinski definition) is 8. The number of urea groups is 1. The largest absolute Gasteiger partial charge is 0.453 e. The Kier molecular flexibility index (Phi) is 9.76. The van der Waals surface area contributed by atoms with Crippen molar-refractivity contribution in [2.45, 2.75) is 44.7 Å². The molecule has 0 unspecified atom stereocenters. The fourth-order valence-electron chi connectivity index (χ4n) is 5.76. The number of amides is 3. The van der Waals surface area contributed by atoms with Gasteiger partial charge in [-0.2, -0.15) is 0 Å². The number of halogens is 1. The van der Waals surface area contributed by atoms with Crippen molar-refractivity contribution in [2.75, 3.05) is 46.3 Å². The van der Waals surface area contributed by atoms with E-state index < -0.39 is 5.83 Å². The standard InChI is InChI=1S/C34H40FN7O3S/c1-22(38-34(44)39-25-6-7-25)4-9-29(23(2)35)45-30-10-13-36-28-20-31(46-32(28)30)27-8-5-24(21-37-27)33(43)42-14-11-26(12-15-42)41-18-16-40(3)17-19-41/h4-5,8-10,13,20-21,25-26H,2,6-7,11-12,14-19H2,1,3H3,(H2,38,39,44)/b22-4+,29-9+. The number of aromatic nitrogens is 2. The highest BCUT2D eigenvalue weighted by Gasteiger charge is 2.29. The zero-order valence-corrected chi connectivity index (χ0v) is 27.1. The third-order valence-electron chi connectivity index (χ3n) is 8.64. The number of ether oxygens (including phenoxy) is 1. The molecule has 6 rings (SSSR count). The van der Waals surface area contributed by atoms with E-state index in [4.69, 9.17) is 4.74 Å². The number of carbonyl (C=O) groups excluding carboxylic acids is 2. The van der Waals surface area contributed by atoms with Gasteiger partial charge in [0.1, 0.15) is 5.75 Å². The van der Waals surface area contributed by atoms with Crippen LogP contribution in [-0.4, -0.2) is 95.0 Å². The molecule has 2 aliphatic heterocycles. The molecule has 3 amide bonds. The van der Waals surface area contributed by atoms with Crippen molar-refractivity contribution in [2.24, 2.45) is 0 Å². The number of rotatable bonds is 9. The van der Waals surface area contributed by atoms with E-state index in [0.717, 1.165) is 74.5 Å². The number of allylic oxidation sites excluding steroid dienone is 4. The van der Waals surface area contributed by atoms with Gasteiger partial charge in [-0.05, 0) is 70.0 Å². The van der Waals surface area contributed by atoms with Crippen molar-refractivity contribution in [1.82, 2.24) is 35.3 Å². The normalized spacial score (nSPS) is 18.9. The molecular formula is C34H40FN7O3S. The Morgan fingerprint density at radius 1 is 1.04 bits per heavy atom. The highest BCUT2D eigenvalue weighted by molar-refractivity contribution is 7.22. The average Bonchev–Trinajstić information content (AvgIpc) is 3.76. The molecule has 0 spiro atoms. The number of piperazine rings is 1. The molecule has 0 atom stereocenters. The van der Waals surface area contributed by atoms with Crippen molar-refractivity contribution in [3.63, 3.8) is 0 Å². The zero-order chi connectivity index (χ0) is 32.2. The molecule has 46 heavy (non-hydrogen) atoms. The first-order chi connectivity index (χ1) is 22.2. The first-order valence-electron chi connectivity index (χ1n) is 15.8. The number of pyridine rings is 2. The number of nitrogens with one attached hydrogen (secondary N) is 2. The average molecular weight is 646 g/mol. The molecule has 0 bridgehead atoms. The van der Waals surface area contributed by atoms with E-state index in [1.54, 1.807) is 31.5 Å². The Bertz CT molecular complexity index is 1650. The van der Waals surface area contributed by atoms with E-state index >= 15 is 0 Å². The summed E-state index contributed by atoms with van der Waals surface area (Å²) >= 11 is 1.42. The molecule has 1 saturated carbocycles. The van der Waals surface area contributed by atoms with Crippen LogP contribution in [0.2, 0.25) is 0 Å². The predicted octanol–water partition coefficient (Wildman–Crippen LogP) is 5.32. The van der Waals surface area contributed by atoms with Gasteiger partial charge in [-0.15, -0.1) is 11.3 Å². The molecule has 10 nitrogen and oxygen atoms in total. The summed E-state index contributed by atoms with van der Waals surface area (Å²) in [5.74, 6) is -0.402. The minimum Gasteiger partial charge on any atom is -0.453 e. The van der Waals surface area contributed by atoms with Crippen LogP contribution in [0.5, 0.6) is 5.75 Å². The number of piperidine rings is 1. The second kappa shape index (κ2) is 14.1. The summed E-state index contributed by atoms with van der Waals surface area (Å²) in [7, 11) is 2.17. The summed E-state index contributed by atoms with van der Waals surface area (Å²) in [5.41, 5.74) is 2.49. The van der Waals surface area contributed by atoms with Crippen molar-refractivity contribution < 1.29 is 18.7 Å². The first-order valence-corrected chi connectivity index (χ1v) is 16.6. The van der Waals surface area contributed by atoms with Crippen LogP contribution in [0.1, 0.15) is 43.0 Å². The van der Waals surface area contributed by atoms with Crippen LogP contribution >= 0.6 is 11.3 Å². The summed E-state index contributed by atoms with van der Waals surface area (Å²) in [4.78, 5) is 42.1. The number of likely N-dealkylation sites (tertiary alicyclic amines) is 1. The number of nitrogens with zero attached hydrogens (tertiary/aromatic N) is 5. The molecule has 12 heteroatoms. The molecule has 3 aromatic rings. The molecule has 3 aromatic heterocycles. The van der Waals surface area contributed by atoms with Gasteiger partial charge in [-0.25, -0.2) is 9.18 Å². The molecule has 242 valence electrons. The number of hydrogen-bond donors (Lipinski definition) is 2. The highest BCUT2D eigenvalue weighted by Crippen LogP contribution is 2.38. The van der Waals surface area contributed by atoms with E-state index in [0.29, 0.717) is 34.3 Å². The lowest BCUT2D eigenvalue weighted by Gasteiger charge is -2.42. The number of fused-ring (bicyclic) bond motifs is 1. The van der Waals surface area contributed by atoms with Crippen LogP contribution in [0.25, 0.3) is 20.8 Å². The third kappa shape index (κ3) is 7.80. The minimum absolute atomic E-state index is 0.0124. The van der Waals surface area contributed by atoms with Crippen LogP contribution in [0.15, 0.2) is 72.7 Å². The summed E-state index contributed by atoms with van der Waals surface area (Å²) in [6, 6.07) is 7.73. The summed E-state index contributed by atoms with van der Waals surface area (Å²) in [5, 5.41) is 5.56. The topological polar surface area (TPSA) is 103 Å². The number of likely N-dealkylation sites (N-methyl/N-ethyl adjacent to an activating group) is 1. The van der Waals surface area contributed by atoms with Gasteiger partial charge < -0.3 is 25.2 Å². The van der Waals surface area contributed by atoms with E-state index in [-0.39, 0.29) is 23.7 Å². The highest BCUT2D eigenvalue weighted by atomic mass is 32.1. The van der Waals surface area contributed by atoms with Gasteiger partial charge in [0.25, 0.3) is 5.91 Å². The van der Waals surface area contributed by atoms with Crippen molar-refractivity contribution >= 4 is 33.5 Å². The molecule has 2 saturated heterocycles. The van der Waals surface area contributed by atoms with Gasteiger partial charge in [0.15, 0.2) is 11.6 Å². The second-order valence-corrected chi connectivity index (χ2v) is 13.2. The quantitative estimate of drug-likeness (QED) is 0.240. The smallest absolute Gasteiger partial charge is 0.319 e. The van der Waals surface area contributed by atoms with Gasteiger partial charge in [-0.1, -0.05) is 6.58 Å². The van der Waals surface area contributed by atoms with Gasteiger partial charge in [0.2, 0.25) is 0 Å². The second-order valence-electron chi connectivity index (χ2n) is 12.2. The Balaban J connectivity index is 1.10. The molecule has 3 fully saturated rings. The first kappa shape index (κ1) is 31.8. The van der Waals surface area contributed by atoms with E-state index in [9.17, 15) is 14.0 Å². The van der Waals surface area contributed by atoms with Crippen molar-refractivity contribution in [3.8, 4) is 16.3 Å². The number of thiophene rings is 1. The fraction of sp³-hybridized carbons (Fsp3) is 0.412. The third-order valence-corrected chi connectivity index (χ3v) is 9.80. The van der Waals surface area contributed by atoms with E-state index in [1.807, 2.05) is 23.1 Å². The fourth-order valence-corrected chi connectivity index (χ4v) is 6.80. The maximum atomic E-state index is 14.4. The molecule has 5 heterocycles. The molecular weight excluding hydrogens is 605 g/mol. The van der Waals surface area contributed by atoms with E-state index in [1.165, 1.54) is 17.4 Å². The summed E-state index contributed by atoms with van der Waals surface area (Å²) in [6.07, 6.45) is 10.2. The van der Waals surface area contributed by atoms with Gasteiger partial charge in [-0.3, -0.25) is 19.7 Å². The van der Waals surface area contributed by atoms with Crippen LogP contribution in [0, 0.1) is 0 Å². The Hall–Kier alpha value is -4.13.